The number of aromatic nitrogens is 3. The van der Waals surface area contributed by atoms with Crippen molar-refractivity contribution < 1.29 is 8.78 Å². The number of alkyl halides is 2. The Labute approximate surface area is 184 Å². The lowest BCUT2D eigenvalue weighted by Gasteiger charge is -2.61. The smallest absolute Gasteiger partial charge is 0.248 e. The first-order valence-corrected chi connectivity index (χ1v) is 11.8. The molecule has 2 aliphatic carbocycles. The van der Waals surface area contributed by atoms with Crippen LogP contribution in [0.4, 0.5) is 14.6 Å². The highest BCUT2D eigenvalue weighted by molar-refractivity contribution is 7.94. The Bertz CT molecular complexity index is 929. The molecule has 0 bridgehead atoms. The Hall–Kier alpha value is -1.16. The van der Waals surface area contributed by atoms with Gasteiger partial charge in [-0.25, -0.2) is 22.6 Å². The fourth-order valence-electron chi connectivity index (χ4n) is 5.52. The second kappa shape index (κ2) is 7.46. The van der Waals surface area contributed by atoms with E-state index in [1.54, 1.807) is 10.8 Å². The van der Waals surface area contributed by atoms with Crippen LogP contribution in [0.1, 0.15) is 44.1 Å². The van der Waals surface area contributed by atoms with Gasteiger partial charge in [-0.3, -0.25) is 5.14 Å². The van der Waals surface area contributed by atoms with E-state index in [9.17, 15) is 8.78 Å². The van der Waals surface area contributed by atoms with Gasteiger partial charge in [0.25, 0.3) is 0 Å². The van der Waals surface area contributed by atoms with Crippen LogP contribution in [0.5, 0.6) is 0 Å². The van der Waals surface area contributed by atoms with Crippen molar-refractivity contribution in [1.29, 1.82) is 0 Å². The van der Waals surface area contributed by atoms with E-state index >= 15 is 0 Å². The van der Waals surface area contributed by atoms with Crippen LogP contribution in [0.25, 0.3) is 5.52 Å². The molecule has 2 N–H and O–H groups in total. The number of aryl methyl sites for hydroxylation is 1. The van der Waals surface area contributed by atoms with Crippen LogP contribution in [-0.2, 0) is 0 Å². The molecule has 1 aliphatic heterocycles. The minimum atomic E-state index is -2.47. The quantitative estimate of drug-likeness (QED) is 0.676. The Morgan fingerprint density at radius 2 is 2.00 bits per heavy atom. The highest BCUT2D eigenvalue weighted by Crippen LogP contribution is 2.52. The SMILES string of the molecule is Cc1cc(Cl)n2ncnc(N3CC4(CC(N(CC5CCC(F)(F)CC5)SN)C4)C3)c12. The lowest BCUT2D eigenvalue weighted by atomic mass is 9.60. The van der Waals surface area contributed by atoms with Gasteiger partial charge < -0.3 is 4.90 Å². The molecular formula is C20H27ClF2N6S. The van der Waals surface area contributed by atoms with Gasteiger partial charge in [-0.15, -0.1) is 0 Å². The van der Waals surface area contributed by atoms with Gasteiger partial charge >= 0.3 is 0 Å². The molecule has 3 fully saturated rings. The molecule has 1 spiro atoms. The van der Waals surface area contributed by atoms with Crippen molar-refractivity contribution in [2.45, 2.75) is 57.4 Å². The predicted octanol–water partition coefficient (Wildman–Crippen LogP) is 4.31. The number of halogens is 3. The molecular weight excluding hydrogens is 430 g/mol. The summed E-state index contributed by atoms with van der Waals surface area (Å²) in [5.74, 6) is -1.20. The van der Waals surface area contributed by atoms with Crippen LogP contribution in [0.15, 0.2) is 12.4 Å². The number of hydrogen-bond donors (Lipinski definition) is 1. The third-order valence-electron chi connectivity index (χ3n) is 7.19. The second-order valence-corrected chi connectivity index (χ2v) is 10.5. The van der Waals surface area contributed by atoms with Crippen LogP contribution >= 0.6 is 23.7 Å². The molecule has 30 heavy (non-hydrogen) atoms. The summed E-state index contributed by atoms with van der Waals surface area (Å²) < 4.78 is 30.8. The number of nitrogens with zero attached hydrogens (tertiary/aromatic N) is 5. The standard InChI is InChI=1S/C20H27ClF2N6S/c1-13-6-16(21)29-17(13)18(25-12-26-29)27-10-19(11-27)7-15(8-19)28(30-24)9-14-2-4-20(22,23)5-3-14/h6,12,14-15H,2-5,7-11,24H2,1H3. The molecule has 6 nitrogen and oxygen atoms in total. The summed E-state index contributed by atoms with van der Waals surface area (Å²) in [7, 11) is 0. The fraction of sp³-hybridized carbons (Fsp3) is 0.700. The summed E-state index contributed by atoms with van der Waals surface area (Å²) in [5.41, 5.74) is 2.36. The molecule has 0 radical (unpaired) electrons. The van der Waals surface area contributed by atoms with Gasteiger partial charge in [0.15, 0.2) is 5.82 Å². The van der Waals surface area contributed by atoms with Crippen molar-refractivity contribution in [3.63, 3.8) is 0 Å². The first-order valence-electron chi connectivity index (χ1n) is 10.5. The van der Waals surface area contributed by atoms with Crippen molar-refractivity contribution in [3.05, 3.63) is 23.1 Å². The topological polar surface area (TPSA) is 62.7 Å². The lowest BCUT2D eigenvalue weighted by Crippen LogP contribution is -2.66. The highest BCUT2D eigenvalue weighted by Gasteiger charge is 2.54. The fourth-order valence-corrected chi connectivity index (χ4v) is 6.43. The van der Waals surface area contributed by atoms with Crippen molar-refractivity contribution in [2.75, 3.05) is 24.5 Å². The number of anilines is 1. The Morgan fingerprint density at radius 1 is 1.30 bits per heavy atom. The van der Waals surface area contributed by atoms with Crippen LogP contribution in [0.2, 0.25) is 5.15 Å². The summed E-state index contributed by atoms with van der Waals surface area (Å²) in [6, 6.07) is 2.35. The van der Waals surface area contributed by atoms with E-state index < -0.39 is 5.92 Å². The largest absolute Gasteiger partial charge is 0.354 e. The molecule has 5 rings (SSSR count). The number of hydrogen-bond acceptors (Lipinski definition) is 6. The second-order valence-electron chi connectivity index (χ2n) is 9.42. The summed E-state index contributed by atoms with van der Waals surface area (Å²) in [4.78, 5) is 6.83. The summed E-state index contributed by atoms with van der Waals surface area (Å²) in [5, 5.41) is 10.8. The van der Waals surface area contributed by atoms with Gasteiger partial charge in [-0.05, 0) is 50.2 Å². The maximum absolute atomic E-state index is 13.4. The van der Waals surface area contributed by atoms with E-state index in [0.29, 0.717) is 35.4 Å². The van der Waals surface area contributed by atoms with Gasteiger partial charge in [-0.1, -0.05) is 11.6 Å². The molecule has 1 saturated heterocycles. The van der Waals surface area contributed by atoms with Gasteiger partial charge in [0.05, 0.1) is 0 Å². The molecule has 10 heteroatoms. The predicted molar refractivity (Wildman–Crippen MR) is 116 cm³/mol. The first kappa shape index (κ1) is 20.7. The zero-order chi connectivity index (χ0) is 21.1. The molecule has 2 aromatic rings. The molecule has 2 aromatic heterocycles. The molecule has 3 heterocycles. The Morgan fingerprint density at radius 3 is 2.67 bits per heavy atom. The summed E-state index contributed by atoms with van der Waals surface area (Å²) >= 11 is 7.55. The van der Waals surface area contributed by atoms with Gasteiger partial charge in [-0.2, -0.15) is 5.10 Å². The van der Waals surface area contributed by atoms with Crippen molar-refractivity contribution in [3.8, 4) is 0 Å². The van der Waals surface area contributed by atoms with E-state index in [1.165, 1.54) is 12.1 Å². The molecule has 164 valence electrons. The molecule has 0 atom stereocenters. The Kier molecular flexibility index (Phi) is 5.16. The minimum Gasteiger partial charge on any atom is -0.354 e. The average molecular weight is 457 g/mol. The summed E-state index contributed by atoms with van der Waals surface area (Å²) in [6.07, 6.45) is 4.97. The van der Waals surface area contributed by atoms with E-state index in [-0.39, 0.29) is 12.8 Å². The van der Waals surface area contributed by atoms with Crippen LogP contribution in [0, 0.1) is 18.3 Å². The molecule has 2 saturated carbocycles. The number of nitrogens with two attached hydrogens (primary N) is 1. The van der Waals surface area contributed by atoms with Crippen LogP contribution in [-0.4, -0.2) is 50.5 Å². The molecule has 0 aromatic carbocycles. The van der Waals surface area contributed by atoms with E-state index in [0.717, 1.165) is 49.4 Å². The van der Waals surface area contributed by atoms with Crippen molar-refractivity contribution >= 4 is 35.1 Å². The maximum Gasteiger partial charge on any atom is 0.248 e. The van der Waals surface area contributed by atoms with E-state index in [4.69, 9.17) is 16.7 Å². The maximum atomic E-state index is 13.4. The average Bonchev–Trinajstić information content (AvgIpc) is 2.94. The molecule has 0 unspecified atom stereocenters. The van der Waals surface area contributed by atoms with Gasteiger partial charge in [0.1, 0.15) is 17.0 Å². The lowest BCUT2D eigenvalue weighted by molar-refractivity contribution is -0.0508. The zero-order valence-corrected chi connectivity index (χ0v) is 18.6. The molecule has 3 aliphatic rings. The Balaban J connectivity index is 1.18. The third-order valence-corrected chi connectivity index (χ3v) is 8.18. The van der Waals surface area contributed by atoms with Crippen LogP contribution < -0.4 is 10.0 Å². The molecule has 0 amide bonds. The van der Waals surface area contributed by atoms with Crippen molar-refractivity contribution in [1.82, 2.24) is 18.9 Å². The normalized spacial score (nSPS) is 23.9. The zero-order valence-electron chi connectivity index (χ0n) is 17.0. The first-order chi connectivity index (χ1) is 14.3. The highest BCUT2D eigenvalue weighted by atomic mass is 35.5. The number of rotatable bonds is 5. The summed E-state index contributed by atoms with van der Waals surface area (Å²) in [6.45, 7) is 4.78. The van der Waals surface area contributed by atoms with E-state index in [1.807, 2.05) is 13.0 Å². The van der Waals surface area contributed by atoms with Gasteiger partial charge in [0.2, 0.25) is 5.92 Å². The van der Waals surface area contributed by atoms with Gasteiger partial charge in [0, 0.05) is 56.1 Å². The third kappa shape index (κ3) is 3.57. The van der Waals surface area contributed by atoms with E-state index in [2.05, 4.69) is 19.3 Å². The minimum absolute atomic E-state index is 0.0148. The monoisotopic (exact) mass is 456 g/mol. The van der Waals surface area contributed by atoms with Crippen molar-refractivity contribution in [2.24, 2.45) is 16.5 Å². The number of fused-ring (bicyclic) bond motifs is 1. The van der Waals surface area contributed by atoms with Crippen LogP contribution in [0.3, 0.4) is 0 Å².